The number of aliphatic hydroxyl groups is 6. The van der Waals surface area contributed by atoms with Crippen LogP contribution in [-0.4, -0.2) is 110 Å². The first kappa shape index (κ1) is 57.3. The third-order valence-electron chi connectivity index (χ3n) is 10.1. The molecule has 15 heteroatoms. The standard InChI is InChI=1S/C47H79O14P/c1-3-5-7-9-11-13-15-17-18-20-22-24-26-28-30-34-40(49)58-36-39(37-59-62(56,57)61-47-45(54)43(52)42(51)44(53)46(47)55)60-41(50)35-31-33-38(48)32-29-27-25-23-21-19-16-14-12-10-8-6-4-2/h6,8,12-15,19,21,25,27,29,32,38-39,42-48,51-55H,3-5,7,9-11,16-18,20,22-24,26,28,30-31,33-37H2,1-2H3,(H,56,57)/b8-6-,14-12-,15-13-,21-19-,27-25-,32-29+/t38?,39-,42?,43-,44+,45-,46-,47?/m1/s1. The Bertz CT molecular complexity index is 1380. The Morgan fingerprint density at radius 2 is 1.11 bits per heavy atom. The van der Waals surface area contributed by atoms with Gasteiger partial charge in [-0.25, -0.2) is 4.57 Å². The van der Waals surface area contributed by atoms with E-state index in [1.165, 1.54) is 32.1 Å². The van der Waals surface area contributed by atoms with Gasteiger partial charge in [0.05, 0.1) is 12.7 Å². The summed E-state index contributed by atoms with van der Waals surface area (Å²) < 4.78 is 33.4. The summed E-state index contributed by atoms with van der Waals surface area (Å²) in [6.45, 7) is 2.99. The highest BCUT2D eigenvalue weighted by Gasteiger charge is 2.51. The Morgan fingerprint density at radius 1 is 0.597 bits per heavy atom. The molecule has 1 saturated carbocycles. The van der Waals surface area contributed by atoms with Crippen LogP contribution < -0.4 is 0 Å². The molecule has 4 unspecified atom stereocenters. The van der Waals surface area contributed by atoms with Gasteiger partial charge < -0.3 is 45.0 Å². The number of allylic oxidation sites excluding steroid dienone is 11. The van der Waals surface area contributed by atoms with Gasteiger partial charge in [-0.05, 0) is 70.6 Å². The van der Waals surface area contributed by atoms with E-state index in [-0.39, 0.29) is 25.7 Å². The second kappa shape index (κ2) is 36.6. The monoisotopic (exact) mass is 899 g/mol. The molecule has 1 fully saturated rings. The van der Waals surface area contributed by atoms with Gasteiger partial charge in [0.1, 0.15) is 43.2 Å². The lowest BCUT2D eigenvalue weighted by molar-refractivity contribution is -0.220. The van der Waals surface area contributed by atoms with E-state index < -0.39 is 81.8 Å². The van der Waals surface area contributed by atoms with Gasteiger partial charge in [0.15, 0.2) is 6.10 Å². The van der Waals surface area contributed by atoms with E-state index in [9.17, 15) is 49.7 Å². The Morgan fingerprint density at radius 3 is 1.71 bits per heavy atom. The van der Waals surface area contributed by atoms with E-state index in [0.717, 1.165) is 70.6 Å². The summed E-state index contributed by atoms with van der Waals surface area (Å²) in [6.07, 6.45) is 28.3. The molecule has 62 heavy (non-hydrogen) atoms. The summed E-state index contributed by atoms with van der Waals surface area (Å²) in [5, 5.41) is 60.5. The van der Waals surface area contributed by atoms with Crippen LogP contribution in [-0.2, 0) is 32.7 Å². The number of esters is 2. The van der Waals surface area contributed by atoms with E-state index in [0.29, 0.717) is 6.42 Å². The van der Waals surface area contributed by atoms with Crippen LogP contribution in [0.1, 0.15) is 149 Å². The molecule has 1 aliphatic carbocycles. The molecule has 0 radical (unpaired) electrons. The molecule has 0 bridgehead atoms. The van der Waals surface area contributed by atoms with Crippen LogP contribution in [0, 0.1) is 0 Å². The van der Waals surface area contributed by atoms with Crippen LogP contribution in [0.15, 0.2) is 72.9 Å². The number of aliphatic hydroxyl groups excluding tert-OH is 6. The van der Waals surface area contributed by atoms with Crippen molar-refractivity contribution < 1.29 is 68.2 Å². The Kier molecular flexibility index (Phi) is 33.8. The topological polar surface area (TPSA) is 230 Å². The molecule has 0 saturated heterocycles. The van der Waals surface area contributed by atoms with E-state index in [2.05, 4.69) is 62.5 Å². The fourth-order valence-electron chi connectivity index (χ4n) is 6.43. The molecule has 7 N–H and O–H groups in total. The highest BCUT2D eigenvalue weighted by Crippen LogP contribution is 2.47. The SMILES string of the molecule is CC/C=C\C/C=C\C/C=C\C/C=C\C=C\C(O)CCCC(=O)O[C@H](COC(=O)CCCCCCCCC/C=C\CCCCCC)COP(=O)(O)OC1[C@H](O)[C@H](O)C(O)[C@H](O)[C@H]1O. The lowest BCUT2D eigenvalue weighted by atomic mass is 9.85. The summed E-state index contributed by atoms with van der Waals surface area (Å²) in [4.78, 5) is 35.7. The molecule has 1 aliphatic rings. The van der Waals surface area contributed by atoms with Gasteiger partial charge in [-0.15, -0.1) is 0 Å². The van der Waals surface area contributed by atoms with Crippen molar-refractivity contribution in [1.82, 2.24) is 0 Å². The van der Waals surface area contributed by atoms with Gasteiger partial charge in [0.25, 0.3) is 0 Å². The maximum atomic E-state index is 12.8. The second-order valence-electron chi connectivity index (χ2n) is 15.7. The van der Waals surface area contributed by atoms with Crippen LogP contribution in [0.2, 0.25) is 0 Å². The lowest BCUT2D eigenvalue weighted by Gasteiger charge is -2.41. The maximum absolute atomic E-state index is 12.8. The van der Waals surface area contributed by atoms with Crippen molar-refractivity contribution in [2.45, 2.75) is 198 Å². The fourth-order valence-corrected chi connectivity index (χ4v) is 7.40. The van der Waals surface area contributed by atoms with E-state index in [1.54, 1.807) is 12.2 Å². The Hall–Kier alpha value is -2.75. The first-order valence-corrected chi connectivity index (χ1v) is 24.3. The minimum Gasteiger partial charge on any atom is -0.462 e. The highest BCUT2D eigenvalue weighted by molar-refractivity contribution is 7.47. The second-order valence-corrected chi connectivity index (χ2v) is 17.1. The first-order chi connectivity index (χ1) is 29.8. The van der Waals surface area contributed by atoms with Gasteiger partial charge in [-0.3, -0.25) is 18.6 Å². The fraction of sp³-hybridized carbons (Fsp3) is 0.702. The number of ether oxygens (including phenoxy) is 2. The third-order valence-corrected chi connectivity index (χ3v) is 11.1. The Balaban J connectivity index is 2.57. The molecule has 1 rings (SSSR count). The molecule has 0 amide bonds. The number of hydrogen-bond acceptors (Lipinski definition) is 13. The summed E-state index contributed by atoms with van der Waals surface area (Å²) in [6, 6.07) is 0. The zero-order valence-corrected chi connectivity index (χ0v) is 38.1. The average Bonchev–Trinajstić information content (AvgIpc) is 3.25. The van der Waals surface area contributed by atoms with Crippen LogP contribution in [0.25, 0.3) is 0 Å². The molecule has 356 valence electrons. The van der Waals surface area contributed by atoms with Crippen molar-refractivity contribution in [1.29, 1.82) is 0 Å². The number of rotatable bonds is 36. The third kappa shape index (κ3) is 28.8. The number of unbranched alkanes of at least 4 members (excludes halogenated alkanes) is 11. The van der Waals surface area contributed by atoms with Crippen LogP contribution in [0.3, 0.4) is 0 Å². The minimum atomic E-state index is -5.18. The van der Waals surface area contributed by atoms with Crippen molar-refractivity contribution in [2.24, 2.45) is 0 Å². The van der Waals surface area contributed by atoms with Gasteiger partial charge in [-0.2, -0.15) is 0 Å². The largest absolute Gasteiger partial charge is 0.472 e. The predicted octanol–water partition coefficient (Wildman–Crippen LogP) is 7.69. The molecule has 0 aliphatic heterocycles. The van der Waals surface area contributed by atoms with Crippen LogP contribution in [0.5, 0.6) is 0 Å². The average molecular weight is 899 g/mol. The molecule has 0 aromatic carbocycles. The summed E-state index contributed by atoms with van der Waals surface area (Å²) in [5.74, 6) is -1.32. The number of carbonyl (C=O) groups is 2. The normalized spacial score (nSPS) is 23.0. The number of phosphoric ester groups is 1. The van der Waals surface area contributed by atoms with Crippen molar-refractivity contribution in [3.05, 3.63) is 72.9 Å². The van der Waals surface area contributed by atoms with Gasteiger partial charge in [0, 0.05) is 12.8 Å². The quantitative estimate of drug-likeness (QED) is 0.0105. The number of phosphoric acid groups is 1. The molecule has 14 nitrogen and oxygen atoms in total. The molecular weight excluding hydrogens is 819 g/mol. The smallest absolute Gasteiger partial charge is 0.462 e. The predicted molar refractivity (Wildman–Crippen MR) is 241 cm³/mol. The Labute approximate surface area is 370 Å². The van der Waals surface area contributed by atoms with Crippen molar-refractivity contribution in [3.8, 4) is 0 Å². The lowest BCUT2D eigenvalue weighted by Crippen LogP contribution is -2.64. The minimum absolute atomic E-state index is 0.118. The van der Waals surface area contributed by atoms with E-state index in [1.807, 2.05) is 12.2 Å². The van der Waals surface area contributed by atoms with Crippen molar-refractivity contribution in [2.75, 3.05) is 13.2 Å². The first-order valence-electron chi connectivity index (χ1n) is 22.8. The summed E-state index contributed by atoms with van der Waals surface area (Å²) in [7, 11) is -5.18. The molecule has 0 heterocycles. The van der Waals surface area contributed by atoms with Gasteiger partial charge in [0.2, 0.25) is 0 Å². The molecule has 0 aromatic rings. The van der Waals surface area contributed by atoms with Crippen molar-refractivity contribution >= 4 is 19.8 Å². The van der Waals surface area contributed by atoms with Crippen molar-refractivity contribution in [3.63, 3.8) is 0 Å². The maximum Gasteiger partial charge on any atom is 0.472 e. The van der Waals surface area contributed by atoms with Crippen LogP contribution >= 0.6 is 7.82 Å². The van der Waals surface area contributed by atoms with Crippen LogP contribution in [0.4, 0.5) is 0 Å². The zero-order valence-electron chi connectivity index (χ0n) is 37.2. The van der Waals surface area contributed by atoms with E-state index >= 15 is 0 Å². The molecular formula is C47H79O14P. The molecule has 9 atom stereocenters. The van der Waals surface area contributed by atoms with E-state index in [4.69, 9.17) is 18.5 Å². The van der Waals surface area contributed by atoms with Gasteiger partial charge >= 0.3 is 19.8 Å². The zero-order chi connectivity index (χ0) is 45.9. The number of carbonyl (C=O) groups excluding carboxylic acids is 2. The van der Waals surface area contributed by atoms with Gasteiger partial charge in [-0.1, -0.05) is 138 Å². The number of hydrogen-bond donors (Lipinski definition) is 7. The molecule has 0 aromatic heterocycles. The molecule has 0 spiro atoms. The highest BCUT2D eigenvalue weighted by atomic mass is 31.2. The summed E-state index contributed by atoms with van der Waals surface area (Å²) in [5.41, 5.74) is 0. The summed E-state index contributed by atoms with van der Waals surface area (Å²) >= 11 is 0.